The average molecular weight is 354 g/mol. The molecule has 1 aromatic carbocycles. The van der Waals surface area contributed by atoms with Gasteiger partial charge in [-0.05, 0) is 24.6 Å². The van der Waals surface area contributed by atoms with Gasteiger partial charge in [0.2, 0.25) is 11.0 Å². The average Bonchev–Trinajstić information content (AvgIpc) is 3.07. The molecule has 0 radical (unpaired) electrons. The van der Waals surface area contributed by atoms with Gasteiger partial charge in [0.15, 0.2) is 0 Å². The van der Waals surface area contributed by atoms with Crippen LogP contribution in [0.5, 0.6) is 0 Å². The largest absolute Gasteiger partial charge is 0.344 e. The number of halogens is 1. The van der Waals surface area contributed by atoms with Crippen LogP contribution in [0.15, 0.2) is 24.3 Å². The second-order valence-corrected chi connectivity index (χ2v) is 6.95. The van der Waals surface area contributed by atoms with Crippen LogP contribution in [-0.2, 0) is 9.59 Å². The van der Waals surface area contributed by atoms with E-state index in [9.17, 15) is 14.4 Å². The molecule has 23 heavy (non-hydrogen) atoms. The molecule has 3 amide bonds. The first-order valence-corrected chi connectivity index (χ1v) is 8.69. The van der Waals surface area contributed by atoms with E-state index in [0.717, 1.165) is 5.75 Å². The summed E-state index contributed by atoms with van der Waals surface area (Å²) in [6, 6.07) is 6.40. The van der Waals surface area contributed by atoms with Gasteiger partial charge in [0.05, 0.1) is 6.04 Å². The van der Waals surface area contributed by atoms with E-state index >= 15 is 0 Å². The molecule has 8 heteroatoms. The van der Waals surface area contributed by atoms with Gasteiger partial charge in [0, 0.05) is 29.6 Å². The standard InChI is InChI=1S/C15H16ClN3O3S/c16-10-2-1-3-11(8-10)19-6-5-18(15(19)22)9-13(20)17-12-4-7-23-14(12)21/h1-3,8,12H,4-7,9H2,(H,17,20). The third-order valence-corrected chi connectivity index (χ3v) is 5.06. The molecule has 0 aliphatic carbocycles. The highest BCUT2D eigenvalue weighted by atomic mass is 35.5. The van der Waals surface area contributed by atoms with Crippen molar-refractivity contribution in [1.82, 2.24) is 10.2 Å². The first-order valence-electron chi connectivity index (χ1n) is 7.32. The fourth-order valence-corrected chi connectivity index (χ4v) is 3.77. The molecule has 0 saturated carbocycles. The molecule has 1 aromatic rings. The van der Waals surface area contributed by atoms with Crippen LogP contribution < -0.4 is 10.2 Å². The molecule has 0 aromatic heterocycles. The monoisotopic (exact) mass is 353 g/mol. The van der Waals surface area contributed by atoms with Crippen LogP contribution in [-0.4, -0.2) is 53.4 Å². The summed E-state index contributed by atoms with van der Waals surface area (Å²) < 4.78 is 0. The minimum absolute atomic E-state index is 0.00773. The Bertz CT molecular complexity index is 655. The number of nitrogens with zero attached hydrogens (tertiary/aromatic N) is 2. The summed E-state index contributed by atoms with van der Waals surface area (Å²) in [6.07, 6.45) is 0.651. The lowest BCUT2D eigenvalue weighted by atomic mass is 10.2. The fourth-order valence-electron chi connectivity index (χ4n) is 2.65. The minimum Gasteiger partial charge on any atom is -0.344 e. The lowest BCUT2D eigenvalue weighted by Crippen LogP contribution is -2.44. The van der Waals surface area contributed by atoms with Crippen LogP contribution in [0.25, 0.3) is 0 Å². The molecule has 0 bridgehead atoms. The summed E-state index contributed by atoms with van der Waals surface area (Å²) >= 11 is 7.19. The molecule has 1 atom stereocenters. The normalized spacial score (nSPS) is 21.2. The van der Waals surface area contributed by atoms with Gasteiger partial charge in [-0.1, -0.05) is 29.4 Å². The van der Waals surface area contributed by atoms with Crippen molar-refractivity contribution < 1.29 is 14.4 Å². The SMILES string of the molecule is O=C(CN1CCN(c2cccc(Cl)c2)C1=O)NC1CCSC1=O. The lowest BCUT2D eigenvalue weighted by molar-refractivity contribution is -0.124. The Kier molecular flexibility index (Phi) is 4.77. The number of nitrogens with one attached hydrogen (secondary N) is 1. The molecule has 2 heterocycles. The Labute approximate surface area is 143 Å². The van der Waals surface area contributed by atoms with Crippen molar-refractivity contribution in [2.24, 2.45) is 0 Å². The zero-order valence-electron chi connectivity index (χ0n) is 12.3. The second kappa shape index (κ2) is 6.80. The molecule has 6 nitrogen and oxygen atoms in total. The quantitative estimate of drug-likeness (QED) is 0.895. The van der Waals surface area contributed by atoms with Crippen molar-refractivity contribution >= 4 is 46.1 Å². The predicted octanol–water partition coefficient (Wildman–Crippen LogP) is 1.73. The number of rotatable bonds is 4. The number of urea groups is 1. The van der Waals surface area contributed by atoms with Gasteiger partial charge in [-0.25, -0.2) is 4.79 Å². The number of anilines is 1. The molecule has 1 N–H and O–H groups in total. The van der Waals surface area contributed by atoms with Gasteiger partial charge < -0.3 is 10.2 Å². The molecule has 122 valence electrons. The van der Waals surface area contributed by atoms with Crippen molar-refractivity contribution in [3.05, 3.63) is 29.3 Å². The third-order valence-electron chi connectivity index (χ3n) is 3.82. The lowest BCUT2D eigenvalue weighted by Gasteiger charge is -2.19. The molecule has 3 rings (SSSR count). The van der Waals surface area contributed by atoms with Crippen LogP contribution in [0.3, 0.4) is 0 Å². The van der Waals surface area contributed by atoms with Gasteiger partial charge in [0.1, 0.15) is 6.54 Å². The first kappa shape index (κ1) is 16.1. The summed E-state index contributed by atoms with van der Waals surface area (Å²) in [7, 11) is 0. The number of hydrogen-bond donors (Lipinski definition) is 1. The number of carbonyl (C=O) groups excluding carboxylic acids is 3. The molecule has 2 saturated heterocycles. The van der Waals surface area contributed by atoms with Crippen LogP contribution in [0.1, 0.15) is 6.42 Å². The Morgan fingerprint density at radius 2 is 2.17 bits per heavy atom. The van der Waals surface area contributed by atoms with Crippen LogP contribution >= 0.6 is 23.4 Å². The molecular weight excluding hydrogens is 338 g/mol. The van der Waals surface area contributed by atoms with E-state index in [1.54, 1.807) is 23.1 Å². The zero-order chi connectivity index (χ0) is 16.4. The summed E-state index contributed by atoms with van der Waals surface area (Å²) in [5.41, 5.74) is 0.716. The van der Waals surface area contributed by atoms with Gasteiger partial charge in [-0.2, -0.15) is 0 Å². The van der Waals surface area contributed by atoms with E-state index in [1.165, 1.54) is 16.7 Å². The topological polar surface area (TPSA) is 69.7 Å². The van der Waals surface area contributed by atoms with Crippen LogP contribution in [0.2, 0.25) is 5.02 Å². The van der Waals surface area contributed by atoms with E-state index in [-0.39, 0.29) is 23.6 Å². The maximum atomic E-state index is 12.4. The number of hydrogen-bond acceptors (Lipinski definition) is 4. The number of thioether (sulfide) groups is 1. The van der Waals surface area contributed by atoms with E-state index in [0.29, 0.717) is 30.2 Å². The van der Waals surface area contributed by atoms with Crippen molar-refractivity contribution in [3.63, 3.8) is 0 Å². The summed E-state index contributed by atoms with van der Waals surface area (Å²) in [5, 5.41) is 3.25. The highest BCUT2D eigenvalue weighted by Crippen LogP contribution is 2.23. The third kappa shape index (κ3) is 3.61. The maximum absolute atomic E-state index is 12.4. The highest BCUT2D eigenvalue weighted by Gasteiger charge is 2.32. The predicted molar refractivity (Wildman–Crippen MR) is 89.8 cm³/mol. The highest BCUT2D eigenvalue weighted by molar-refractivity contribution is 8.14. The summed E-state index contributed by atoms with van der Waals surface area (Å²) in [5.74, 6) is 0.432. The van der Waals surface area contributed by atoms with Gasteiger partial charge in [-0.15, -0.1) is 0 Å². The molecule has 2 aliphatic rings. The van der Waals surface area contributed by atoms with E-state index in [2.05, 4.69) is 5.32 Å². The molecular formula is C15H16ClN3O3S. The van der Waals surface area contributed by atoms with Crippen LogP contribution in [0, 0.1) is 0 Å². The first-order chi connectivity index (χ1) is 11.0. The molecule has 2 aliphatic heterocycles. The van der Waals surface area contributed by atoms with Gasteiger partial charge in [0.25, 0.3) is 0 Å². The Morgan fingerprint density at radius 1 is 1.35 bits per heavy atom. The summed E-state index contributed by atoms with van der Waals surface area (Å²) in [6.45, 7) is 0.932. The Balaban J connectivity index is 1.58. The summed E-state index contributed by atoms with van der Waals surface area (Å²) in [4.78, 5) is 39.0. The maximum Gasteiger partial charge on any atom is 0.325 e. The molecule has 0 spiro atoms. The van der Waals surface area contributed by atoms with Gasteiger partial charge in [-0.3, -0.25) is 14.5 Å². The van der Waals surface area contributed by atoms with Crippen molar-refractivity contribution in [2.75, 3.05) is 30.3 Å². The number of benzene rings is 1. The fraction of sp³-hybridized carbons (Fsp3) is 0.400. The van der Waals surface area contributed by atoms with Crippen molar-refractivity contribution in [1.29, 1.82) is 0 Å². The van der Waals surface area contributed by atoms with Crippen molar-refractivity contribution in [2.45, 2.75) is 12.5 Å². The Hall–Kier alpha value is -1.73. The second-order valence-electron chi connectivity index (χ2n) is 5.41. The van der Waals surface area contributed by atoms with Gasteiger partial charge >= 0.3 is 6.03 Å². The Morgan fingerprint density at radius 3 is 2.87 bits per heavy atom. The van der Waals surface area contributed by atoms with E-state index < -0.39 is 6.04 Å². The van der Waals surface area contributed by atoms with E-state index in [4.69, 9.17) is 11.6 Å². The van der Waals surface area contributed by atoms with Crippen LogP contribution in [0.4, 0.5) is 10.5 Å². The smallest absolute Gasteiger partial charge is 0.325 e. The molecule has 2 fully saturated rings. The zero-order valence-corrected chi connectivity index (χ0v) is 13.9. The number of amides is 3. The van der Waals surface area contributed by atoms with E-state index in [1.807, 2.05) is 6.07 Å². The number of carbonyl (C=O) groups is 3. The minimum atomic E-state index is -0.422. The molecule has 1 unspecified atom stereocenters. The van der Waals surface area contributed by atoms with Crippen molar-refractivity contribution in [3.8, 4) is 0 Å².